The number of nitrogens with one attached hydrogen (secondary N) is 2. The Morgan fingerprint density at radius 3 is 2.80 bits per heavy atom. The molecular weight excluding hydrogens is 252 g/mol. The highest BCUT2D eigenvalue weighted by Crippen LogP contribution is 2.24. The van der Waals surface area contributed by atoms with Crippen LogP contribution in [0.25, 0.3) is 11.1 Å². The second-order valence-corrected chi connectivity index (χ2v) is 5.26. The molecule has 0 saturated heterocycles. The molecule has 0 aliphatic heterocycles. The molecule has 2 aromatic heterocycles. The van der Waals surface area contributed by atoms with Crippen molar-refractivity contribution in [1.29, 1.82) is 0 Å². The Hall–Kier alpha value is -2.17. The molecule has 20 heavy (non-hydrogen) atoms. The van der Waals surface area contributed by atoms with Gasteiger partial charge in [-0.1, -0.05) is 12.8 Å². The third kappa shape index (κ3) is 2.71. The molecule has 5 heteroatoms. The van der Waals surface area contributed by atoms with Crippen molar-refractivity contribution in [2.45, 2.75) is 25.7 Å². The van der Waals surface area contributed by atoms with Crippen LogP contribution in [0.1, 0.15) is 36.2 Å². The molecular formula is C15H18N4O. The minimum atomic E-state index is -0.0822. The van der Waals surface area contributed by atoms with E-state index in [0.29, 0.717) is 11.6 Å². The van der Waals surface area contributed by atoms with Crippen molar-refractivity contribution < 1.29 is 4.79 Å². The maximum Gasteiger partial charge on any atom is 0.269 e. The highest BCUT2D eigenvalue weighted by molar-refractivity contribution is 5.98. The number of carbonyl (C=O) groups is 1. The van der Waals surface area contributed by atoms with Crippen molar-refractivity contribution in [3.05, 3.63) is 36.4 Å². The van der Waals surface area contributed by atoms with Gasteiger partial charge in [-0.25, -0.2) is 0 Å². The van der Waals surface area contributed by atoms with Gasteiger partial charge in [-0.05, 0) is 36.5 Å². The second-order valence-electron chi connectivity index (χ2n) is 5.26. The van der Waals surface area contributed by atoms with Crippen LogP contribution < -0.4 is 5.32 Å². The summed E-state index contributed by atoms with van der Waals surface area (Å²) in [5.41, 5.74) is 2.28. The predicted octanol–water partition coefficient (Wildman–Crippen LogP) is 2.39. The molecule has 0 bridgehead atoms. The van der Waals surface area contributed by atoms with Gasteiger partial charge in [0.25, 0.3) is 5.91 Å². The lowest BCUT2D eigenvalue weighted by molar-refractivity contribution is 0.0943. The quantitative estimate of drug-likeness (QED) is 0.896. The van der Waals surface area contributed by atoms with Crippen LogP contribution in [0.15, 0.2) is 30.7 Å². The van der Waals surface area contributed by atoms with Gasteiger partial charge in [0.05, 0.1) is 6.20 Å². The van der Waals surface area contributed by atoms with Crippen molar-refractivity contribution >= 4 is 5.91 Å². The van der Waals surface area contributed by atoms with Gasteiger partial charge in [0, 0.05) is 24.5 Å². The molecule has 0 atom stereocenters. The van der Waals surface area contributed by atoms with E-state index in [1.54, 1.807) is 18.6 Å². The van der Waals surface area contributed by atoms with Crippen LogP contribution in [-0.2, 0) is 0 Å². The van der Waals surface area contributed by atoms with Gasteiger partial charge >= 0.3 is 0 Å². The van der Waals surface area contributed by atoms with Gasteiger partial charge < -0.3 is 5.32 Å². The maximum absolute atomic E-state index is 12.3. The van der Waals surface area contributed by atoms with Gasteiger partial charge in [-0.15, -0.1) is 0 Å². The van der Waals surface area contributed by atoms with Gasteiger partial charge in [-0.3, -0.25) is 14.9 Å². The number of aromatic nitrogens is 3. The molecule has 1 saturated carbocycles. The zero-order chi connectivity index (χ0) is 13.8. The Balaban J connectivity index is 1.70. The van der Waals surface area contributed by atoms with Crippen LogP contribution in [0, 0.1) is 5.92 Å². The Bertz CT molecular complexity index is 573. The van der Waals surface area contributed by atoms with E-state index in [1.165, 1.54) is 25.7 Å². The first-order chi connectivity index (χ1) is 9.84. The average molecular weight is 270 g/mol. The van der Waals surface area contributed by atoms with Crippen LogP contribution >= 0.6 is 0 Å². The SMILES string of the molecule is O=C(NCC1CCCC1)c1[nH]ncc1-c1ccncc1. The van der Waals surface area contributed by atoms with Crippen molar-refractivity contribution in [2.24, 2.45) is 5.92 Å². The largest absolute Gasteiger partial charge is 0.350 e. The van der Waals surface area contributed by atoms with Crippen molar-refractivity contribution in [2.75, 3.05) is 6.54 Å². The number of pyridine rings is 1. The third-order valence-corrected chi connectivity index (χ3v) is 3.88. The number of aromatic amines is 1. The minimum Gasteiger partial charge on any atom is -0.350 e. The Morgan fingerprint density at radius 1 is 1.30 bits per heavy atom. The summed E-state index contributed by atoms with van der Waals surface area (Å²) in [5.74, 6) is 0.549. The summed E-state index contributed by atoms with van der Waals surface area (Å²) in [5, 5.41) is 9.80. The first-order valence-electron chi connectivity index (χ1n) is 7.06. The van der Waals surface area contributed by atoms with E-state index in [2.05, 4.69) is 20.5 Å². The predicted molar refractivity (Wildman–Crippen MR) is 76.1 cm³/mol. The van der Waals surface area contributed by atoms with Crippen molar-refractivity contribution in [3.63, 3.8) is 0 Å². The van der Waals surface area contributed by atoms with Gasteiger partial charge in [0.1, 0.15) is 5.69 Å². The molecule has 1 fully saturated rings. The highest BCUT2D eigenvalue weighted by Gasteiger charge is 2.19. The summed E-state index contributed by atoms with van der Waals surface area (Å²) >= 11 is 0. The zero-order valence-corrected chi connectivity index (χ0v) is 11.3. The van der Waals surface area contributed by atoms with E-state index in [4.69, 9.17) is 0 Å². The van der Waals surface area contributed by atoms with E-state index in [0.717, 1.165) is 17.7 Å². The molecule has 0 aromatic carbocycles. The lowest BCUT2D eigenvalue weighted by Gasteiger charge is -2.10. The van der Waals surface area contributed by atoms with Gasteiger partial charge in [0.15, 0.2) is 0 Å². The number of amides is 1. The number of nitrogens with zero attached hydrogens (tertiary/aromatic N) is 2. The molecule has 0 spiro atoms. The smallest absolute Gasteiger partial charge is 0.269 e. The number of carbonyl (C=O) groups excluding carboxylic acids is 1. The fraction of sp³-hybridized carbons (Fsp3) is 0.400. The first kappa shape index (κ1) is 12.8. The average Bonchev–Trinajstić information content (AvgIpc) is 3.17. The summed E-state index contributed by atoms with van der Waals surface area (Å²) in [6.07, 6.45) is 10.1. The van der Waals surface area contributed by atoms with Crippen LogP contribution in [-0.4, -0.2) is 27.6 Å². The van der Waals surface area contributed by atoms with Crippen molar-refractivity contribution in [1.82, 2.24) is 20.5 Å². The molecule has 1 amide bonds. The van der Waals surface area contributed by atoms with Crippen LogP contribution in [0.3, 0.4) is 0 Å². The maximum atomic E-state index is 12.3. The molecule has 3 rings (SSSR count). The van der Waals surface area contributed by atoms with E-state index in [1.807, 2.05) is 12.1 Å². The van der Waals surface area contributed by atoms with Gasteiger partial charge in [-0.2, -0.15) is 5.10 Å². The molecule has 0 unspecified atom stereocenters. The normalized spacial score (nSPS) is 15.4. The van der Waals surface area contributed by atoms with Crippen molar-refractivity contribution in [3.8, 4) is 11.1 Å². The highest BCUT2D eigenvalue weighted by atomic mass is 16.1. The molecule has 2 N–H and O–H groups in total. The fourth-order valence-corrected chi connectivity index (χ4v) is 2.75. The lowest BCUT2D eigenvalue weighted by atomic mass is 10.1. The first-order valence-corrected chi connectivity index (χ1v) is 7.06. The number of hydrogen-bond donors (Lipinski definition) is 2. The summed E-state index contributed by atoms with van der Waals surface area (Å²) in [6.45, 7) is 0.758. The monoisotopic (exact) mass is 270 g/mol. The van der Waals surface area contributed by atoms with E-state index < -0.39 is 0 Å². The number of hydrogen-bond acceptors (Lipinski definition) is 3. The minimum absolute atomic E-state index is 0.0822. The Labute approximate surface area is 117 Å². The topological polar surface area (TPSA) is 70.7 Å². The molecule has 1 aliphatic carbocycles. The third-order valence-electron chi connectivity index (χ3n) is 3.88. The van der Waals surface area contributed by atoms with E-state index in [-0.39, 0.29) is 5.91 Å². The summed E-state index contributed by atoms with van der Waals surface area (Å²) in [4.78, 5) is 16.2. The summed E-state index contributed by atoms with van der Waals surface area (Å²) < 4.78 is 0. The molecule has 104 valence electrons. The molecule has 2 heterocycles. The molecule has 2 aromatic rings. The van der Waals surface area contributed by atoms with E-state index in [9.17, 15) is 4.79 Å². The molecule has 1 aliphatic rings. The lowest BCUT2D eigenvalue weighted by Crippen LogP contribution is -2.29. The van der Waals surface area contributed by atoms with E-state index >= 15 is 0 Å². The molecule has 0 radical (unpaired) electrons. The van der Waals surface area contributed by atoms with Gasteiger partial charge in [0.2, 0.25) is 0 Å². The fourth-order valence-electron chi connectivity index (χ4n) is 2.75. The van der Waals surface area contributed by atoms with Crippen LogP contribution in [0.5, 0.6) is 0 Å². The zero-order valence-electron chi connectivity index (χ0n) is 11.3. The van der Waals surface area contributed by atoms with Crippen LogP contribution in [0.4, 0.5) is 0 Å². The number of H-pyrrole nitrogens is 1. The Morgan fingerprint density at radius 2 is 2.05 bits per heavy atom. The molecule has 5 nitrogen and oxygen atoms in total. The number of rotatable bonds is 4. The summed E-state index contributed by atoms with van der Waals surface area (Å²) in [6, 6.07) is 3.75. The Kier molecular flexibility index (Phi) is 3.76. The second kappa shape index (κ2) is 5.86. The van der Waals surface area contributed by atoms with Crippen LogP contribution in [0.2, 0.25) is 0 Å². The standard InChI is InChI=1S/C15H18N4O/c20-15(17-9-11-3-1-2-4-11)14-13(10-18-19-14)12-5-7-16-8-6-12/h5-8,10-11H,1-4,9H2,(H,17,20)(H,18,19). The summed E-state index contributed by atoms with van der Waals surface area (Å²) in [7, 11) is 0.